The highest BCUT2D eigenvalue weighted by Crippen LogP contribution is 2.33. The summed E-state index contributed by atoms with van der Waals surface area (Å²) in [6.45, 7) is 0. The summed E-state index contributed by atoms with van der Waals surface area (Å²) < 4.78 is 1.22. The van der Waals surface area contributed by atoms with Crippen LogP contribution in [0, 0.1) is 0 Å². The van der Waals surface area contributed by atoms with Gasteiger partial charge < -0.3 is 5.11 Å². The van der Waals surface area contributed by atoms with Crippen LogP contribution in [-0.4, -0.2) is 30.8 Å². The van der Waals surface area contributed by atoms with Crippen LogP contribution in [0.15, 0.2) is 69.4 Å². The third kappa shape index (κ3) is 3.44. The molecule has 4 rings (SSSR count). The summed E-state index contributed by atoms with van der Waals surface area (Å²) in [6, 6.07) is 12.8. The zero-order valence-electron chi connectivity index (χ0n) is 13.6. The van der Waals surface area contributed by atoms with Gasteiger partial charge >= 0.3 is 5.97 Å². The Morgan fingerprint density at radius 1 is 1.22 bits per heavy atom. The minimum atomic E-state index is -1.11. The fraction of sp³-hybridized carbons (Fsp3) is 0. The largest absolute Gasteiger partial charge is 0.478 e. The fourth-order valence-corrected chi connectivity index (χ4v) is 3.61. The molecule has 0 saturated carbocycles. The number of rotatable bonds is 4. The van der Waals surface area contributed by atoms with Gasteiger partial charge in [0.1, 0.15) is 0 Å². The van der Waals surface area contributed by atoms with E-state index in [1.54, 1.807) is 12.1 Å². The minimum Gasteiger partial charge on any atom is -0.478 e. The van der Waals surface area contributed by atoms with Crippen LogP contribution in [0.5, 0.6) is 0 Å². The number of carboxylic acid groups (broad SMARTS) is 1. The van der Waals surface area contributed by atoms with Crippen molar-refractivity contribution in [1.29, 1.82) is 0 Å². The van der Waals surface area contributed by atoms with Crippen LogP contribution in [0.25, 0.3) is 16.9 Å². The molecule has 0 aliphatic carbocycles. The van der Waals surface area contributed by atoms with Crippen molar-refractivity contribution in [1.82, 2.24) is 19.7 Å². The molecule has 0 unspecified atom stereocenters. The lowest BCUT2D eigenvalue weighted by Crippen LogP contribution is -2.13. The molecule has 0 radical (unpaired) electrons. The zero-order valence-corrected chi connectivity index (χ0v) is 15.2. The zero-order chi connectivity index (χ0) is 19.0. The summed E-state index contributed by atoms with van der Waals surface area (Å²) in [5, 5.41) is 14.0. The van der Waals surface area contributed by atoms with Crippen LogP contribution in [0.4, 0.5) is 0 Å². The van der Waals surface area contributed by atoms with E-state index in [4.69, 9.17) is 16.7 Å². The molecule has 0 atom stereocenters. The molecule has 0 fully saturated rings. The highest BCUT2D eigenvalue weighted by atomic mass is 35.5. The number of nitrogens with zero attached hydrogens (tertiary/aromatic N) is 3. The third-order valence-corrected chi connectivity index (χ3v) is 5.28. The van der Waals surface area contributed by atoms with Crippen molar-refractivity contribution < 1.29 is 9.90 Å². The van der Waals surface area contributed by atoms with Crippen molar-refractivity contribution in [3.63, 3.8) is 0 Å². The summed E-state index contributed by atoms with van der Waals surface area (Å²) in [6.07, 6.45) is 2.48. The van der Waals surface area contributed by atoms with Gasteiger partial charge in [0.15, 0.2) is 0 Å². The maximum atomic E-state index is 12.4. The third-order valence-electron chi connectivity index (χ3n) is 3.78. The average molecular weight is 399 g/mol. The van der Waals surface area contributed by atoms with Gasteiger partial charge in [-0.15, -0.1) is 0 Å². The second-order valence-electron chi connectivity index (χ2n) is 5.58. The van der Waals surface area contributed by atoms with Gasteiger partial charge in [-0.05, 0) is 30.3 Å². The van der Waals surface area contributed by atoms with E-state index in [9.17, 15) is 9.59 Å². The average Bonchev–Trinajstić information content (AvgIpc) is 3.14. The summed E-state index contributed by atoms with van der Waals surface area (Å²) >= 11 is 7.66. The van der Waals surface area contributed by atoms with Gasteiger partial charge in [-0.25, -0.2) is 14.5 Å². The lowest BCUT2D eigenvalue weighted by Gasteiger charge is -2.06. The molecule has 7 nitrogen and oxygen atoms in total. The van der Waals surface area contributed by atoms with Crippen LogP contribution in [0.3, 0.4) is 0 Å². The number of aromatic amines is 1. The number of aromatic nitrogens is 4. The van der Waals surface area contributed by atoms with Crippen molar-refractivity contribution in [3.05, 3.63) is 75.8 Å². The number of halogens is 1. The molecule has 134 valence electrons. The van der Waals surface area contributed by atoms with Crippen molar-refractivity contribution in [2.45, 2.75) is 9.79 Å². The number of nitrogens with one attached hydrogen (secondary N) is 1. The Labute approximate surface area is 161 Å². The maximum absolute atomic E-state index is 12.4. The van der Waals surface area contributed by atoms with Crippen LogP contribution in [0.2, 0.25) is 5.02 Å². The van der Waals surface area contributed by atoms with Gasteiger partial charge in [-0.3, -0.25) is 9.78 Å². The predicted octanol–water partition coefficient (Wildman–Crippen LogP) is 3.61. The number of carboxylic acids is 1. The summed E-state index contributed by atoms with van der Waals surface area (Å²) in [4.78, 5) is 32.1. The predicted molar refractivity (Wildman–Crippen MR) is 102 cm³/mol. The Morgan fingerprint density at radius 3 is 2.78 bits per heavy atom. The Balaban J connectivity index is 1.77. The first-order valence-electron chi connectivity index (χ1n) is 7.76. The quantitative estimate of drug-likeness (QED) is 0.544. The van der Waals surface area contributed by atoms with E-state index in [0.29, 0.717) is 15.9 Å². The smallest absolute Gasteiger partial charge is 0.338 e. The van der Waals surface area contributed by atoms with Gasteiger partial charge in [-0.1, -0.05) is 35.5 Å². The molecule has 0 amide bonds. The number of fused-ring (bicyclic) bond motifs is 1. The van der Waals surface area contributed by atoms with Crippen LogP contribution in [-0.2, 0) is 0 Å². The number of H-pyrrole nitrogens is 1. The minimum absolute atomic E-state index is 0.000714. The van der Waals surface area contributed by atoms with E-state index in [-0.39, 0.29) is 17.1 Å². The Kier molecular flexibility index (Phi) is 4.43. The van der Waals surface area contributed by atoms with E-state index in [1.807, 2.05) is 30.3 Å². The molecule has 27 heavy (non-hydrogen) atoms. The lowest BCUT2D eigenvalue weighted by atomic mass is 10.2. The first kappa shape index (κ1) is 17.3. The SMILES string of the molecule is O=C(O)c1cnn(-c2nc3cc(Sc4ccccc4Cl)ccc3c(=O)[nH]2)c1. The highest BCUT2D eigenvalue weighted by molar-refractivity contribution is 7.99. The molecule has 2 N–H and O–H groups in total. The van der Waals surface area contributed by atoms with Crippen molar-refractivity contribution >= 4 is 40.2 Å². The van der Waals surface area contributed by atoms with Crippen LogP contribution >= 0.6 is 23.4 Å². The maximum Gasteiger partial charge on any atom is 0.338 e. The summed E-state index contributed by atoms with van der Waals surface area (Å²) in [5.41, 5.74) is 0.135. The van der Waals surface area contributed by atoms with E-state index in [2.05, 4.69) is 15.1 Å². The number of hydrogen-bond donors (Lipinski definition) is 2. The van der Waals surface area contributed by atoms with Gasteiger partial charge in [0.25, 0.3) is 5.56 Å². The molecular weight excluding hydrogens is 388 g/mol. The van der Waals surface area contributed by atoms with E-state index >= 15 is 0 Å². The molecule has 2 heterocycles. The van der Waals surface area contributed by atoms with Crippen LogP contribution < -0.4 is 5.56 Å². The highest BCUT2D eigenvalue weighted by Gasteiger charge is 2.11. The van der Waals surface area contributed by atoms with Crippen molar-refractivity contribution in [2.75, 3.05) is 0 Å². The lowest BCUT2D eigenvalue weighted by molar-refractivity contribution is 0.0697. The Hall–Kier alpha value is -3.10. The Morgan fingerprint density at radius 2 is 2.04 bits per heavy atom. The summed E-state index contributed by atoms with van der Waals surface area (Å²) in [5.74, 6) is -0.970. The molecule has 0 aliphatic heterocycles. The van der Waals surface area contributed by atoms with Gasteiger partial charge in [0.05, 0.1) is 27.7 Å². The van der Waals surface area contributed by atoms with Crippen molar-refractivity contribution in [2.24, 2.45) is 0 Å². The molecule has 0 aliphatic rings. The Bertz CT molecular complexity index is 1230. The fourth-order valence-electron chi connectivity index (χ4n) is 2.48. The first-order valence-corrected chi connectivity index (χ1v) is 8.95. The number of aromatic carboxylic acids is 1. The number of benzene rings is 2. The topological polar surface area (TPSA) is 101 Å². The van der Waals surface area contributed by atoms with Gasteiger partial charge in [0.2, 0.25) is 5.95 Å². The molecule has 2 aromatic heterocycles. The molecule has 4 aromatic rings. The second-order valence-corrected chi connectivity index (χ2v) is 7.10. The van der Waals surface area contributed by atoms with E-state index < -0.39 is 5.97 Å². The number of hydrogen-bond acceptors (Lipinski definition) is 5. The first-order chi connectivity index (χ1) is 13.0. The molecular formula is C18H11ClN4O3S. The summed E-state index contributed by atoms with van der Waals surface area (Å²) in [7, 11) is 0. The van der Waals surface area contributed by atoms with E-state index in [1.165, 1.54) is 28.8 Å². The standard InChI is InChI=1S/C18H11ClN4O3S/c19-13-3-1-2-4-15(13)27-11-5-6-12-14(7-11)21-18(22-16(12)24)23-9-10(8-20-23)17(25)26/h1-9H,(H,25,26)(H,21,22,24). The molecule has 9 heteroatoms. The van der Waals surface area contributed by atoms with Gasteiger partial charge in [-0.2, -0.15) is 5.10 Å². The van der Waals surface area contributed by atoms with Crippen molar-refractivity contribution in [3.8, 4) is 5.95 Å². The van der Waals surface area contributed by atoms with E-state index in [0.717, 1.165) is 9.79 Å². The monoisotopic (exact) mass is 398 g/mol. The molecule has 0 bridgehead atoms. The number of carbonyl (C=O) groups is 1. The molecule has 2 aromatic carbocycles. The normalized spacial score (nSPS) is 11.0. The molecule has 0 saturated heterocycles. The second kappa shape index (κ2) is 6.90. The van der Waals surface area contributed by atoms with Crippen LogP contribution in [0.1, 0.15) is 10.4 Å². The molecule has 0 spiro atoms. The van der Waals surface area contributed by atoms with Gasteiger partial charge in [0, 0.05) is 16.0 Å².